The summed E-state index contributed by atoms with van der Waals surface area (Å²) in [6, 6.07) is 6.79. The van der Waals surface area contributed by atoms with Gasteiger partial charge in [0.2, 0.25) is 0 Å². The average molecular weight is 160 g/mol. The molecule has 0 atom stereocenters. The molecule has 0 aliphatic heterocycles. The first kappa shape index (κ1) is 7.85. The van der Waals surface area contributed by atoms with Crippen LogP contribution in [0.25, 0.3) is 0 Å². The van der Waals surface area contributed by atoms with Gasteiger partial charge < -0.3 is 0 Å². The summed E-state index contributed by atoms with van der Waals surface area (Å²) in [5, 5.41) is 0. The zero-order valence-corrected chi connectivity index (χ0v) is 8.15. The molecular weight excluding hydrogens is 144 g/mol. The number of hydrogen-bond donors (Lipinski definition) is 0. The highest BCUT2D eigenvalue weighted by Crippen LogP contribution is 2.48. The van der Waals surface area contributed by atoms with Gasteiger partial charge in [0.15, 0.2) is 0 Å². The number of benzene rings is 1. The van der Waals surface area contributed by atoms with Crippen molar-refractivity contribution < 1.29 is 0 Å². The molecule has 1 aromatic carbocycles. The van der Waals surface area contributed by atoms with E-state index in [1.165, 1.54) is 24.0 Å². The van der Waals surface area contributed by atoms with Gasteiger partial charge >= 0.3 is 0 Å². The molecule has 64 valence electrons. The van der Waals surface area contributed by atoms with Crippen LogP contribution in [0, 0.1) is 13.8 Å². The molecule has 0 aromatic heterocycles. The van der Waals surface area contributed by atoms with Crippen molar-refractivity contribution in [3.8, 4) is 0 Å². The van der Waals surface area contributed by atoms with Crippen molar-refractivity contribution in [3.05, 3.63) is 34.9 Å². The summed E-state index contributed by atoms with van der Waals surface area (Å²) in [5.74, 6) is 0. The molecule has 0 bridgehead atoms. The lowest BCUT2D eigenvalue weighted by atomic mass is 9.92. The number of hydrogen-bond acceptors (Lipinski definition) is 0. The van der Waals surface area contributed by atoms with Gasteiger partial charge in [-0.1, -0.05) is 30.7 Å². The van der Waals surface area contributed by atoms with Crippen molar-refractivity contribution in [2.75, 3.05) is 0 Å². The molecule has 1 aliphatic rings. The third-order valence-corrected chi connectivity index (χ3v) is 3.04. The van der Waals surface area contributed by atoms with Crippen LogP contribution in [0.2, 0.25) is 0 Å². The molecule has 0 N–H and O–H groups in total. The molecule has 1 fully saturated rings. The normalized spacial score (nSPS) is 19.2. The van der Waals surface area contributed by atoms with Gasteiger partial charge in [0.05, 0.1) is 0 Å². The van der Waals surface area contributed by atoms with Gasteiger partial charge in [0.1, 0.15) is 0 Å². The van der Waals surface area contributed by atoms with E-state index in [1.807, 2.05) is 0 Å². The zero-order chi connectivity index (χ0) is 8.77. The Morgan fingerprint density at radius 1 is 1.17 bits per heavy atom. The quantitative estimate of drug-likeness (QED) is 0.591. The standard InChI is InChI=1S/C12H16/c1-9-4-5-10(2)11(8-9)12(3)6-7-12/h4-5,8H,6-7H2,1-3H3. The highest BCUT2D eigenvalue weighted by molar-refractivity contribution is 5.39. The fourth-order valence-corrected chi connectivity index (χ4v) is 1.84. The fourth-order valence-electron chi connectivity index (χ4n) is 1.84. The molecule has 12 heavy (non-hydrogen) atoms. The van der Waals surface area contributed by atoms with E-state index < -0.39 is 0 Å². The molecule has 0 amide bonds. The molecule has 0 heterocycles. The second kappa shape index (κ2) is 2.35. The minimum atomic E-state index is 0.524. The molecule has 0 saturated heterocycles. The molecule has 0 unspecified atom stereocenters. The van der Waals surface area contributed by atoms with Crippen molar-refractivity contribution in [1.82, 2.24) is 0 Å². The third kappa shape index (κ3) is 1.16. The lowest BCUT2D eigenvalue weighted by molar-refractivity contribution is 0.778. The Morgan fingerprint density at radius 3 is 2.42 bits per heavy atom. The van der Waals surface area contributed by atoms with E-state index in [-0.39, 0.29) is 0 Å². The highest BCUT2D eigenvalue weighted by Gasteiger charge is 2.39. The Labute approximate surface area is 74.6 Å². The molecule has 0 radical (unpaired) electrons. The smallest absolute Gasteiger partial charge is 0.00719 e. The SMILES string of the molecule is Cc1ccc(C)c(C2(C)CC2)c1. The Kier molecular flexibility index (Phi) is 1.54. The van der Waals surface area contributed by atoms with Gasteiger partial charge in [-0.25, -0.2) is 0 Å². The predicted octanol–water partition coefficient (Wildman–Crippen LogP) is 3.35. The van der Waals surface area contributed by atoms with E-state index in [9.17, 15) is 0 Å². The maximum atomic E-state index is 2.37. The molecule has 0 heteroatoms. The Hall–Kier alpha value is -0.780. The minimum Gasteiger partial charge on any atom is -0.0590 e. The summed E-state index contributed by atoms with van der Waals surface area (Å²) in [6.07, 6.45) is 2.74. The lowest BCUT2D eigenvalue weighted by Gasteiger charge is -2.12. The van der Waals surface area contributed by atoms with Gasteiger partial charge in [-0.3, -0.25) is 0 Å². The van der Waals surface area contributed by atoms with Crippen molar-refractivity contribution in [2.45, 2.75) is 39.0 Å². The molecule has 1 aliphatic carbocycles. The lowest BCUT2D eigenvalue weighted by Crippen LogP contribution is -2.02. The van der Waals surface area contributed by atoms with Crippen LogP contribution in [-0.2, 0) is 5.41 Å². The molecule has 0 nitrogen and oxygen atoms in total. The predicted molar refractivity (Wildman–Crippen MR) is 52.5 cm³/mol. The minimum absolute atomic E-state index is 0.524. The monoisotopic (exact) mass is 160 g/mol. The summed E-state index contributed by atoms with van der Waals surface area (Å²) >= 11 is 0. The first-order valence-corrected chi connectivity index (χ1v) is 4.70. The van der Waals surface area contributed by atoms with E-state index in [4.69, 9.17) is 0 Å². The Balaban J connectivity index is 2.48. The molecular formula is C12H16. The van der Waals surface area contributed by atoms with E-state index in [1.54, 1.807) is 5.56 Å². The second-order valence-corrected chi connectivity index (χ2v) is 4.38. The van der Waals surface area contributed by atoms with Crippen LogP contribution in [0.5, 0.6) is 0 Å². The van der Waals surface area contributed by atoms with Crippen molar-refractivity contribution in [2.24, 2.45) is 0 Å². The highest BCUT2D eigenvalue weighted by atomic mass is 14.4. The summed E-state index contributed by atoms with van der Waals surface area (Å²) in [6.45, 7) is 6.77. The van der Waals surface area contributed by atoms with Gasteiger partial charge in [-0.15, -0.1) is 0 Å². The summed E-state index contributed by atoms with van der Waals surface area (Å²) in [7, 11) is 0. The van der Waals surface area contributed by atoms with Crippen molar-refractivity contribution >= 4 is 0 Å². The van der Waals surface area contributed by atoms with Crippen LogP contribution in [0.4, 0.5) is 0 Å². The van der Waals surface area contributed by atoms with Gasteiger partial charge in [0, 0.05) is 0 Å². The van der Waals surface area contributed by atoms with E-state index in [0.29, 0.717) is 5.41 Å². The van der Waals surface area contributed by atoms with Crippen LogP contribution in [0.3, 0.4) is 0 Å². The van der Waals surface area contributed by atoms with Crippen LogP contribution in [0.15, 0.2) is 18.2 Å². The largest absolute Gasteiger partial charge is 0.0590 e. The third-order valence-electron chi connectivity index (χ3n) is 3.04. The maximum Gasteiger partial charge on any atom is -0.00719 e. The summed E-state index contributed by atoms with van der Waals surface area (Å²) in [4.78, 5) is 0. The fraction of sp³-hybridized carbons (Fsp3) is 0.500. The van der Waals surface area contributed by atoms with Crippen LogP contribution >= 0.6 is 0 Å². The average Bonchev–Trinajstić information content (AvgIpc) is 2.75. The van der Waals surface area contributed by atoms with Gasteiger partial charge in [0.25, 0.3) is 0 Å². The van der Waals surface area contributed by atoms with Gasteiger partial charge in [-0.05, 0) is 43.2 Å². The van der Waals surface area contributed by atoms with Crippen LogP contribution < -0.4 is 0 Å². The number of rotatable bonds is 1. The zero-order valence-electron chi connectivity index (χ0n) is 8.15. The van der Waals surface area contributed by atoms with Crippen LogP contribution in [-0.4, -0.2) is 0 Å². The Morgan fingerprint density at radius 2 is 1.83 bits per heavy atom. The summed E-state index contributed by atoms with van der Waals surface area (Å²) in [5.41, 5.74) is 4.95. The molecule has 2 rings (SSSR count). The summed E-state index contributed by atoms with van der Waals surface area (Å²) < 4.78 is 0. The van der Waals surface area contributed by atoms with Crippen molar-refractivity contribution in [3.63, 3.8) is 0 Å². The maximum absolute atomic E-state index is 2.37. The second-order valence-electron chi connectivity index (χ2n) is 4.38. The molecule has 1 saturated carbocycles. The van der Waals surface area contributed by atoms with Crippen molar-refractivity contribution in [1.29, 1.82) is 0 Å². The van der Waals surface area contributed by atoms with E-state index in [2.05, 4.69) is 39.0 Å². The van der Waals surface area contributed by atoms with E-state index in [0.717, 1.165) is 0 Å². The first-order valence-electron chi connectivity index (χ1n) is 4.70. The number of aryl methyl sites for hydroxylation is 2. The van der Waals surface area contributed by atoms with E-state index >= 15 is 0 Å². The molecule has 1 aromatic rings. The molecule has 0 spiro atoms. The van der Waals surface area contributed by atoms with Gasteiger partial charge in [-0.2, -0.15) is 0 Å². The Bertz CT molecular complexity index is 306. The topological polar surface area (TPSA) is 0 Å². The van der Waals surface area contributed by atoms with Crippen LogP contribution in [0.1, 0.15) is 36.5 Å². The first-order chi connectivity index (χ1) is 5.62.